The Morgan fingerprint density at radius 1 is 1.35 bits per heavy atom. The van der Waals surface area contributed by atoms with Crippen LogP contribution in [-0.2, 0) is 0 Å². The summed E-state index contributed by atoms with van der Waals surface area (Å²) in [5, 5.41) is 13.0. The third-order valence-corrected chi connectivity index (χ3v) is 3.45. The van der Waals surface area contributed by atoms with E-state index in [-0.39, 0.29) is 11.9 Å². The van der Waals surface area contributed by atoms with Gasteiger partial charge in [0, 0.05) is 12.2 Å². The average Bonchev–Trinajstić information content (AvgIpc) is 2.79. The van der Waals surface area contributed by atoms with Crippen LogP contribution in [0.2, 0.25) is 0 Å². The normalized spacial score (nSPS) is 18.2. The van der Waals surface area contributed by atoms with Crippen molar-refractivity contribution < 1.29 is 9.50 Å². The summed E-state index contributed by atoms with van der Waals surface area (Å²) >= 11 is 0. The molecule has 0 bridgehead atoms. The Balaban J connectivity index is 1.73. The third-order valence-electron chi connectivity index (χ3n) is 3.45. The van der Waals surface area contributed by atoms with Gasteiger partial charge in [-0.05, 0) is 30.5 Å². The van der Waals surface area contributed by atoms with Crippen LogP contribution in [0.25, 0.3) is 0 Å². The highest BCUT2D eigenvalue weighted by Gasteiger charge is 2.18. The van der Waals surface area contributed by atoms with Crippen LogP contribution in [0.5, 0.6) is 0 Å². The fraction of sp³-hybridized carbons (Fsp3) is 0.571. The van der Waals surface area contributed by atoms with Crippen LogP contribution in [0.1, 0.15) is 32.1 Å². The van der Waals surface area contributed by atoms with Gasteiger partial charge in [0.1, 0.15) is 5.82 Å². The van der Waals surface area contributed by atoms with Gasteiger partial charge in [-0.15, -0.1) is 0 Å². The molecule has 1 saturated carbocycles. The quantitative estimate of drug-likeness (QED) is 0.824. The average molecular weight is 237 g/mol. The topological polar surface area (TPSA) is 32.3 Å². The highest BCUT2D eigenvalue weighted by molar-refractivity contribution is 5.43. The summed E-state index contributed by atoms with van der Waals surface area (Å²) in [6.45, 7) is 0.500. The molecule has 1 unspecified atom stereocenters. The van der Waals surface area contributed by atoms with Crippen molar-refractivity contribution in [3.05, 3.63) is 30.1 Å². The van der Waals surface area contributed by atoms with E-state index in [0.717, 1.165) is 12.1 Å². The fourth-order valence-electron chi connectivity index (χ4n) is 2.55. The molecule has 0 spiro atoms. The molecule has 1 aromatic rings. The Bertz CT molecular complexity index is 350. The van der Waals surface area contributed by atoms with Gasteiger partial charge >= 0.3 is 0 Å². The summed E-state index contributed by atoms with van der Waals surface area (Å²) in [6, 6.07) is 6.34. The summed E-state index contributed by atoms with van der Waals surface area (Å²) in [4.78, 5) is 0. The number of halogens is 1. The largest absolute Gasteiger partial charge is 0.391 e. The van der Waals surface area contributed by atoms with Crippen molar-refractivity contribution in [3.8, 4) is 0 Å². The lowest BCUT2D eigenvalue weighted by Crippen LogP contribution is -2.22. The molecule has 0 amide bonds. The second kappa shape index (κ2) is 6.01. The Morgan fingerprint density at radius 3 is 2.82 bits per heavy atom. The summed E-state index contributed by atoms with van der Waals surface area (Å²) in [6.07, 6.45) is 5.63. The molecule has 1 aliphatic carbocycles. The first-order valence-electron chi connectivity index (χ1n) is 6.41. The molecule has 0 radical (unpaired) electrons. The van der Waals surface area contributed by atoms with Crippen LogP contribution in [0, 0.1) is 11.7 Å². The predicted molar refractivity (Wildman–Crippen MR) is 67.5 cm³/mol. The molecule has 0 saturated heterocycles. The first-order chi connectivity index (χ1) is 8.24. The first-order valence-corrected chi connectivity index (χ1v) is 6.41. The van der Waals surface area contributed by atoms with Gasteiger partial charge in [0.15, 0.2) is 0 Å². The second-order valence-electron chi connectivity index (χ2n) is 4.93. The van der Waals surface area contributed by atoms with Gasteiger partial charge in [-0.3, -0.25) is 0 Å². The minimum absolute atomic E-state index is 0.250. The van der Waals surface area contributed by atoms with E-state index in [4.69, 9.17) is 0 Å². The van der Waals surface area contributed by atoms with E-state index in [1.807, 2.05) is 6.07 Å². The van der Waals surface area contributed by atoms with Crippen molar-refractivity contribution in [1.82, 2.24) is 0 Å². The monoisotopic (exact) mass is 237 g/mol. The van der Waals surface area contributed by atoms with Crippen molar-refractivity contribution in [3.63, 3.8) is 0 Å². The zero-order valence-corrected chi connectivity index (χ0v) is 10.0. The van der Waals surface area contributed by atoms with Crippen LogP contribution in [-0.4, -0.2) is 17.8 Å². The summed E-state index contributed by atoms with van der Waals surface area (Å²) < 4.78 is 12.9. The van der Waals surface area contributed by atoms with Crippen LogP contribution < -0.4 is 5.32 Å². The summed E-state index contributed by atoms with van der Waals surface area (Å²) in [5.41, 5.74) is 0.732. The van der Waals surface area contributed by atoms with Gasteiger partial charge in [0.05, 0.1) is 6.10 Å². The summed E-state index contributed by atoms with van der Waals surface area (Å²) in [7, 11) is 0. The van der Waals surface area contributed by atoms with E-state index >= 15 is 0 Å². The lowest BCUT2D eigenvalue weighted by molar-refractivity contribution is 0.155. The van der Waals surface area contributed by atoms with Crippen LogP contribution in [0.4, 0.5) is 10.1 Å². The summed E-state index contributed by atoms with van der Waals surface area (Å²) in [5.74, 6) is 0.430. The Hall–Kier alpha value is -1.09. The van der Waals surface area contributed by atoms with Crippen molar-refractivity contribution in [2.75, 3.05) is 11.9 Å². The second-order valence-corrected chi connectivity index (χ2v) is 4.93. The van der Waals surface area contributed by atoms with Crippen LogP contribution in [0.15, 0.2) is 24.3 Å². The Morgan fingerprint density at radius 2 is 2.12 bits per heavy atom. The molecular formula is C14H20FNO. The van der Waals surface area contributed by atoms with Gasteiger partial charge in [-0.2, -0.15) is 0 Å². The number of nitrogens with one attached hydrogen (secondary N) is 1. The SMILES string of the molecule is OC(CNc1cccc(F)c1)CC1CCCC1. The minimum atomic E-state index is -0.332. The maximum atomic E-state index is 12.9. The van der Waals surface area contributed by atoms with E-state index in [1.165, 1.54) is 37.8 Å². The smallest absolute Gasteiger partial charge is 0.125 e. The van der Waals surface area contributed by atoms with Crippen molar-refractivity contribution in [2.24, 2.45) is 5.92 Å². The first kappa shape index (κ1) is 12.4. The van der Waals surface area contributed by atoms with Gasteiger partial charge < -0.3 is 10.4 Å². The van der Waals surface area contributed by atoms with E-state index in [9.17, 15) is 9.50 Å². The van der Waals surface area contributed by atoms with Crippen molar-refractivity contribution >= 4 is 5.69 Å². The van der Waals surface area contributed by atoms with Crippen LogP contribution >= 0.6 is 0 Å². The van der Waals surface area contributed by atoms with E-state index in [2.05, 4.69) is 5.32 Å². The van der Waals surface area contributed by atoms with E-state index in [0.29, 0.717) is 12.5 Å². The van der Waals surface area contributed by atoms with Crippen molar-refractivity contribution in [1.29, 1.82) is 0 Å². The van der Waals surface area contributed by atoms with Gasteiger partial charge in [0.2, 0.25) is 0 Å². The highest BCUT2D eigenvalue weighted by atomic mass is 19.1. The number of anilines is 1. The Labute approximate surface area is 102 Å². The molecule has 2 nitrogen and oxygen atoms in total. The zero-order valence-electron chi connectivity index (χ0n) is 10.0. The lowest BCUT2D eigenvalue weighted by atomic mass is 10.00. The fourth-order valence-corrected chi connectivity index (χ4v) is 2.55. The highest BCUT2D eigenvalue weighted by Crippen LogP contribution is 2.28. The molecule has 3 heteroatoms. The number of benzene rings is 1. The standard InChI is InChI=1S/C14H20FNO/c15-12-6-3-7-13(9-12)16-10-14(17)8-11-4-1-2-5-11/h3,6-7,9,11,14,16-17H,1-2,4-5,8,10H2. The predicted octanol–water partition coefficient (Wildman–Crippen LogP) is 3.18. The molecule has 1 aliphatic rings. The minimum Gasteiger partial charge on any atom is -0.391 e. The van der Waals surface area contributed by atoms with Crippen LogP contribution in [0.3, 0.4) is 0 Å². The maximum Gasteiger partial charge on any atom is 0.125 e. The molecule has 0 heterocycles. The lowest BCUT2D eigenvalue weighted by Gasteiger charge is -2.16. The number of hydrogen-bond donors (Lipinski definition) is 2. The number of hydrogen-bond acceptors (Lipinski definition) is 2. The van der Waals surface area contributed by atoms with E-state index in [1.54, 1.807) is 6.07 Å². The molecule has 1 fully saturated rings. The number of aliphatic hydroxyl groups excluding tert-OH is 1. The third kappa shape index (κ3) is 4.00. The molecule has 17 heavy (non-hydrogen) atoms. The van der Waals surface area contributed by atoms with Gasteiger partial charge in [-0.1, -0.05) is 31.7 Å². The Kier molecular flexibility index (Phi) is 4.37. The molecule has 2 rings (SSSR count). The van der Waals surface area contributed by atoms with Gasteiger partial charge in [-0.25, -0.2) is 4.39 Å². The van der Waals surface area contributed by atoms with Crippen molar-refractivity contribution in [2.45, 2.75) is 38.2 Å². The molecule has 2 N–H and O–H groups in total. The van der Waals surface area contributed by atoms with Gasteiger partial charge in [0.25, 0.3) is 0 Å². The maximum absolute atomic E-state index is 12.9. The molecule has 94 valence electrons. The molecule has 0 aliphatic heterocycles. The number of rotatable bonds is 5. The van der Waals surface area contributed by atoms with E-state index < -0.39 is 0 Å². The molecule has 1 aromatic carbocycles. The molecule has 1 atom stereocenters. The molecule has 0 aromatic heterocycles. The number of aliphatic hydroxyl groups is 1. The molecular weight excluding hydrogens is 217 g/mol. The zero-order chi connectivity index (χ0) is 12.1.